The molecule has 0 aliphatic heterocycles. The Morgan fingerprint density at radius 2 is 1.42 bits per heavy atom. The summed E-state index contributed by atoms with van der Waals surface area (Å²) in [5, 5.41) is 6.16. The molecule has 2 aromatic carbocycles. The van der Waals surface area contributed by atoms with Crippen molar-refractivity contribution in [3.8, 4) is 0 Å². The molecular formula is C16H18N2O. The Bertz CT molecular complexity index is 568. The maximum absolute atomic E-state index is 11.0. The minimum Gasteiger partial charge on any atom is -0.355 e. The van der Waals surface area contributed by atoms with Crippen LogP contribution in [0.5, 0.6) is 0 Å². The van der Waals surface area contributed by atoms with Gasteiger partial charge in [0.2, 0.25) is 5.91 Å². The number of aryl methyl sites for hydroxylation is 2. The molecule has 0 aromatic heterocycles. The lowest BCUT2D eigenvalue weighted by molar-refractivity contribution is -0.114. The van der Waals surface area contributed by atoms with E-state index in [2.05, 4.69) is 42.7 Å². The molecule has 0 saturated heterocycles. The second kappa shape index (κ2) is 5.57. The number of carbonyl (C=O) groups excluding carboxylic acids is 1. The molecular weight excluding hydrogens is 236 g/mol. The van der Waals surface area contributed by atoms with Crippen molar-refractivity contribution in [2.24, 2.45) is 0 Å². The molecule has 0 aliphatic carbocycles. The van der Waals surface area contributed by atoms with E-state index in [4.69, 9.17) is 0 Å². The molecule has 1 amide bonds. The van der Waals surface area contributed by atoms with Gasteiger partial charge >= 0.3 is 0 Å². The first-order chi connectivity index (χ1) is 9.06. The zero-order chi connectivity index (χ0) is 13.8. The Morgan fingerprint density at radius 1 is 0.895 bits per heavy atom. The fourth-order valence-electron chi connectivity index (χ4n) is 2.00. The minimum atomic E-state index is -0.0598. The standard InChI is InChI=1S/C16H18N2O/c1-11-5-4-6-12(2)16(11)18-15-9-7-14(8-10-15)17-13(3)19/h4-10,18H,1-3H3,(H,17,19). The lowest BCUT2D eigenvalue weighted by Gasteiger charge is -2.13. The van der Waals surface area contributed by atoms with Crippen LogP contribution >= 0.6 is 0 Å². The van der Waals surface area contributed by atoms with Gasteiger partial charge < -0.3 is 10.6 Å². The van der Waals surface area contributed by atoms with Crippen molar-refractivity contribution in [1.29, 1.82) is 0 Å². The molecule has 0 heterocycles. The van der Waals surface area contributed by atoms with Gasteiger partial charge in [-0.05, 0) is 49.2 Å². The van der Waals surface area contributed by atoms with Crippen molar-refractivity contribution in [1.82, 2.24) is 0 Å². The Kier molecular flexibility index (Phi) is 3.85. The molecule has 0 bridgehead atoms. The van der Waals surface area contributed by atoms with Gasteiger partial charge in [0.1, 0.15) is 0 Å². The van der Waals surface area contributed by atoms with E-state index in [1.165, 1.54) is 18.1 Å². The second-order valence-electron chi connectivity index (χ2n) is 4.65. The van der Waals surface area contributed by atoms with Crippen LogP contribution in [0.3, 0.4) is 0 Å². The second-order valence-corrected chi connectivity index (χ2v) is 4.65. The van der Waals surface area contributed by atoms with E-state index in [1.54, 1.807) is 0 Å². The molecule has 0 radical (unpaired) electrons. The van der Waals surface area contributed by atoms with E-state index in [1.807, 2.05) is 24.3 Å². The molecule has 2 rings (SSSR count). The van der Waals surface area contributed by atoms with E-state index in [9.17, 15) is 4.79 Å². The van der Waals surface area contributed by atoms with E-state index in [-0.39, 0.29) is 5.91 Å². The predicted octanol–water partition coefficient (Wildman–Crippen LogP) is 4.01. The van der Waals surface area contributed by atoms with Crippen LogP contribution in [-0.2, 0) is 4.79 Å². The third kappa shape index (κ3) is 3.35. The molecule has 98 valence electrons. The number of anilines is 3. The Labute approximate surface area is 113 Å². The number of benzene rings is 2. The van der Waals surface area contributed by atoms with Crippen LogP contribution < -0.4 is 10.6 Å². The molecule has 3 heteroatoms. The summed E-state index contributed by atoms with van der Waals surface area (Å²) in [7, 11) is 0. The van der Waals surface area contributed by atoms with Crippen LogP contribution in [0.15, 0.2) is 42.5 Å². The van der Waals surface area contributed by atoms with Crippen LogP contribution in [-0.4, -0.2) is 5.91 Å². The van der Waals surface area contributed by atoms with E-state index < -0.39 is 0 Å². The summed E-state index contributed by atoms with van der Waals surface area (Å²) in [4.78, 5) is 11.0. The highest BCUT2D eigenvalue weighted by molar-refractivity contribution is 5.88. The zero-order valence-corrected chi connectivity index (χ0v) is 11.4. The topological polar surface area (TPSA) is 41.1 Å². The molecule has 0 aliphatic rings. The van der Waals surface area contributed by atoms with Crippen LogP contribution in [0, 0.1) is 13.8 Å². The molecule has 0 spiro atoms. The van der Waals surface area contributed by atoms with Gasteiger partial charge in [-0.25, -0.2) is 0 Å². The molecule has 2 N–H and O–H groups in total. The highest BCUT2D eigenvalue weighted by Gasteiger charge is 2.02. The highest BCUT2D eigenvalue weighted by Crippen LogP contribution is 2.25. The fraction of sp³-hybridized carbons (Fsp3) is 0.188. The number of para-hydroxylation sites is 1. The van der Waals surface area contributed by atoms with Crippen LogP contribution in [0.1, 0.15) is 18.1 Å². The van der Waals surface area contributed by atoms with Crippen LogP contribution in [0.4, 0.5) is 17.1 Å². The third-order valence-corrected chi connectivity index (χ3v) is 2.96. The van der Waals surface area contributed by atoms with E-state index in [0.29, 0.717) is 0 Å². The van der Waals surface area contributed by atoms with Gasteiger partial charge in [0.25, 0.3) is 0 Å². The Hall–Kier alpha value is -2.29. The van der Waals surface area contributed by atoms with Crippen molar-refractivity contribution >= 4 is 23.0 Å². The van der Waals surface area contributed by atoms with Gasteiger partial charge in [0.05, 0.1) is 0 Å². The van der Waals surface area contributed by atoms with E-state index in [0.717, 1.165) is 17.1 Å². The van der Waals surface area contributed by atoms with Crippen molar-refractivity contribution in [3.05, 3.63) is 53.6 Å². The average molecular weight is 254 g/mol. The number of nitrogens with one attached hydrogen (secondary N) is 2. The normalized spacial score (nSPS) is 10.1. The number of carbonyl (C=O) groups is 1. The van der Waals surface area contributed by atoms with E-state index >= 15 is 0 Å². The molecule has 2 aromatic rings. The van der Waals surface area contributed by atoms with Gasteiger partial charge in [0.15, 0.2) is 0 Å². The maximum Gasteiger partial charge on any atom is 0.221 e. The summed E-state index contributed by atoms with van der Waals surface area (Å²) < 4.78 is 0. The molecule has 0 atom stereocenters. The van der Waals surface area contributed by atoms with Gasteiger partial charge in [0, 0.05) is 24.0 Å². The van der Waals surface area contributed by atoms with Crippen molar-refractivity contribution in [3.63, 3.8) is 0 Å². The Morgan fingerprint density at radius 3 is 1.95 bits per heavy atom. The molecule has 0 saturated carbocycles. The number of hydrogen-bond acceptors (Lipinski definition) is 2. The molecule has 0 unspecified atom stereocenters. The third-order valence-electron chi connectivity index (χ3n) is 2.96. The maximum atomic E-state index is 11.0. The lowest BCUT2D eigenvalue weighted by atomic mass is 10.1. The van der Waals surface area contributed by atoms with Gasteiger partial charge in [-0.15, -0.1) is 0 Å². The summed E-state index contributed by atoms with van der Waals surface area (Å²) in [5.41, 5.74) is 5.37. The predicted molar refractivity (Wildman–Crippen MR) is 79.9 cm³/mol. The largest absolute Gasteiger partial charge is 0.355 e. The zero-order valence-electron chi connectivity index (χ0n) is 11.4. The summed E-state index contributed by atoms with van der Waals surface area (Å²) in [6.45, 7) is 5.67. The van der Waals surface area contributed by atoms with Crippen LogP contribution in [0.2, 0.25) is 0 Å². The summed E-state index contributed by atoms with van der Waals surface area (Å²) in [5.74, 6) is -0.0598. The van der Waals surface area contributed by atoms with Crippen molar-refractivity contribution < 1.29 is 4.79 Å². The number of rotatable bonds is 3. The summed E-state index contributed by atoms with van der Waals surface area (Å²) >= 11 is 0. The van der Waals surface area contributed by atoms with Gasteiger partial charge in [-0.2, -0.15) is 0 Å². The minimum absolute atomic E-state index is 0.0598. The first kappa shape index (κ1) is 13.1. The van der Waals surface area contributed by atoms with Gasteiger partial charge in [-0.3, -0.25) is 4.79 Å². The summed E-state index contributed by atoms with van der Waals surface area (Å²) in [6.07, 6.45) is 0. The lowest BCUT2D eigenvalue weighted by Crippen LogP contribution is -2.05. The summed E-state index contributed by atoms with van der Waals surface area (Å²) in [6, 6.07) is 13.9. The van der Waals surface area contributed by atoms with Crippen molar-refractivity contribution in [2.75, 3.05) is 10.6 Å². The molecule has 3 nitrogen and oxygen atoms in total. The quantitative estimate of drug-likeness (QED) is 0.869. The van der Waals surface area contributed by atoms with Crippen LogP contribution in [0.25, 0.3) is 0 Å². The number of amides is 1. The number of hydrogen-bond donors (Lipinski definition) is 2. The average Bonchev–Trinajstić information content (AvgIpc) is 2.35. The van der Waals surface area contributed by atoms with Gasteiger partial charge in [-0.1, -0.05) is 18.2 Å². The highest BCUT2D eigenvalue weighted by atomic mass is 16.1. The van der Waals surface area contributed by atoms with Crippen molar-refractivity contribution in [2.45, 2.75) is 20.8 Å². The SMILES string of the molecule is CC(=O)Nc1ccc(Nc2c(C)cccc2C)cc1. The first-order valence-corrected chi connectivity index (χ1v) is 6.27. The smallest absolute Gasteiger partial charge is 0.221 e. The first-order valence-electron chi connectivity index (χ1n) is 6.27. The fourth-order valence-corrected chi connectivity index (χ4v) is 2.00. The molecule has 19 heavy (non-hydrogen) atoms. The molecule has 0 fully saturated rings. The Balaban J connectivity index is 2.18. The monoisotopic (exact) mass is 254 g/mol.